The number of amides is 1. The number of nitriles is 1. The van der Waals surface area contributed by atoms with Gasteiger partial charge in [0.25, 0.3) is 0 Å². The van der Waals surface area contributed by atoms with Gasteiger partial charge in [-0.25, -0.2) is 0 Å². The second-order valence-electron chi connectivity index (χ2n) is 4.18. The Morgan fingerprint density at radius 3 is 2.38 bits per heavy atom. The molecule has 3 heteroatoms. The second-order valence-corrected chi connectivity index (χ2v) is 4.18. The second kappa shape index (κ2) is 10.5. The minimum absolute atomic E-state index is 0.0175. The number of hydrogen-bond acceptors (Lipinski definition) is 2. The van der Waals surface area contributed by atoms with Gasteiger partial charge in [0.05, 0.1) is 6.07 Å². The monoisotopic (exact) mass is 224 g/mol. The van der Waals surface area contributed by atoms with E-state index in [1.54, 1.807) is 0 Å². The zero-order valence-corrected chi connectivity index (χ0v) is 10.6. The molecule has 0 fully saturated rings. The van der Waals surface area contributed by atoms with Gasteiger partial charge in [-0.1, -0.05) is 46.0 Å². The molecule has 0 bridgehead atoms. The molecule has 0 aliphatic heterocycles. The van der Waals surface area contributed by atoms with Crippen molar-refractivity contribution in [1.82, 2.24) is 5.32 Å². The maximum Gasteiger partial charge on any atom is 0.221 e. The van der Waals surface area contributed by atoms with Crippen molar-refractivity contribution in [3.63, 3.8) is 0 Å². The minimum atomic E-state index is -0.312. The van der Waals surface area contributed by atoms with Crippen LogP contribution in [0.4, 0.5) is 0 Å². The zero-order valence-electron chi connectivity index (χ0n) is 10.6. The van der Waals surface area contributed by atoms with Crippen LogP contribution in [0, 0.1) is 11.3 Å². The van der Waals surface area contributed by atoms with E-state index >= 15 is 0 Å². The Morgan fingerprint density at radius 1 is 1.19 bits per heavy atom. The molecule has 1 N–H and O–H groups in total. The van der Waals surface area contributed by atoms with Crippen LogP contribution in [0.2, 0.25) is 0 Å². The molecule has 0 saturated heterocycles. The molecule has 0 aromatic carbocycles. The highest BCUT2D eigenvalue weighted by atomic mass is 16.1. The molecule has 0 radical (unpaired) electrons. The van der Waals surface area contributed by atoms with Gasteiger partial charge in [0.2, 0.25) is 5.91 Å². The number of nitrogens with one attached hydrogen (secondary N) is 1. The Kier molecular flexibility index (Phi) is 9.80. The van der Waals surface area contributed by atoms with Gasteiger partial charge in [-0.15, -0.1) is 0 Å². The third kappa shape index (κ3) is 8.28. The van der Waals surface area contributed by atoms with Crippen molar-refractivity contribution in [3.8, 4) is 6.07 Å². The van der Waals surface area contributed by atoms with Gasteiger partial charge in [-0.3, -0.25) is 4.79 Å². The number of carbonyl (C=O) groups excluding carboxylic acids is 1. The number of carbonyl (C=O) groups is 1. The smallest absolute Gasteiger partial charge is 0.221 e. The van der Waals surface area contributed by atoms with E-state index in [-0.39, 0.29) is 11.9 Å². The molecule has 1 atom stereocenters. The third-order valence-corrected chi connectivity index (χ3v) is 2.66. The third-order valence-electron chi connectivity index (χ3n) is 2.66. The van der Waals surface area contributed by atoms with Crippen molar-refractivity contribution in [2.45, 2.75) is 71.3 Å². The lowest BCUT2D eigenvalue weighted by atomic mass is 10.1. The fourth-order valence-corrected chi connectivity index (χ4v) is 1.56. The molecule has 0 spiro atoms. The van der Waals surface area contributed by atoms with E-state index in [0.717, 1.165) is 12.8 Å². The van der Waals surface area contributed by atoms with Crippen LogP contribution in [-0.4, -0.2) is 11.9 Å². The van der Waals surface area contributed by atoms with E-state index in [1.807, 2.05) is 6.92 Å². The number of nitrogens with zero attached hydrogens (tertiary/aromatic N) is 1. The van der Waals surface area contributed by atoms with Gasteiger partial charge in [-0.05, 0) is 12.8 Å². The van der Waals surface area contributed by atoms with Crippen molar-refractivity contribution in [2.75, 3.05) is 0 Å². The molecule has 0 aliphatic rings. The number of unbranched alkanes of at least 4 members (excludes halogenated alkanes) is 5. The van der Waals surface area contributed by atoms with E-state index in [0.29, 0.717) is 12.8 Å². The highest BCUT2D eigenvalue weighted by Gasteiger charge is 2.07. The predicted molar refractivity (Wildman–Crippen MR) is 65.8 cm³/mol. The van der Waals surface area contributed by atoms with E-state index in [4.69, 9.17) is 5.26 Å². The first-order chi connectivity index (χ1) is 7.74. The first kappa shape index (κ1) is 15.0. The Labute approximate surface area is 99.2 Å². The molecule has 1 unspecified atom stereocenters. The van der Waals surface area contributed by atoms with Gasteiger partial charge in [-0.2, -0.15) is 5.26 Å². The SMILES string of the molecule is CCCCCCCCC(=O)NC(C#N)CC. The Morgan fingerprint density at radius 2 is 1.81 bits per heavy atom. The molecule has 0 saturated carbocycles. The molecule has 92 valence electrons. The molecule has 16 heavy (non-hydrogen) atoms. The van der Waals surface area contributed by atoms with E-state index < -0.39 is 0 Å². The normalized spacial score (nSPS) is 11.8. The van der Waals surface area contributed by atoms with Crippen LogP contribution in [0.25, 0.3) is 0 Å². The zero-order chi connectivity index (χ0) is 12.2. The molecular weight excluding hydrogens is 200 g/mol. The molecule has 0 heterocycles. The molecule has 0 aromatic heterocycles. The molecule has 0 aliphatic carbocycles. The summed E-state index contributed by atoms with van der Waals surface area (Å²) in [6, 6.07) is 1.76. The molecule has 1 amide bonds. The van der Waals surface area contributed by atoms with Gasteiger partial charge in [0, 0.05) is 6.42 Å². The Hall–Kier alpha value is -1.04. The summed E-state index contributed by atoms with van der Waals surface area (Å²) in [7, 11) is 0. The van der Waals surface area contributed by atoms with Gasteiger partial charge >= 0.3 is 0 Å². The Balaban J connectivity index is 3.41. The van der Waals surface area contributed by atoms with Crippen molar-refractivity contribution in [3.05, 3.63) is 0 Å². The topological polar surface area (TPSA) is 52.9 Å². The largest absolute Gasteiger partial charge is 0.340 e. The maximum atomic E-state index is 11.4. The van der Waals surface area contributed by atoms with Crippen LogP contribution in [0.15, 0.2) is 0 Å². The average Bonchev–Trinajstić information content (AvgIpc) is 2.30. The van der Waals surface area contributed by atoms with E-state index in [2.05, 4.69) is 18.3 Å². The van der Waals surface area contributed by atoms with Crippen LogP contribution in [0.5, 0.6) is 0 Å². The molecule has 0 rings (SSSR count). The summed E-state index contributed by atoms with van der Waals surface area (Å²) in [6.45, 7) is 4.10. The molecular formula is C13H24N2O. The lowest BCUT2D eigenvalue weighted by Crippen LogP contribution is -2.32. The summed E-state index contributed by atoms with van der Waals surface area (Å²) in [4.78, 5) is 11.4. The van der Waals surface area contributed by atoms with Crippen molar-refractivity contribution in [1.29, 1.82) is 5.26 Å². The summed E-state index contributed by atoms with van der Waals surface area (Å²) in [5, 5.41) is 11.4. The van der Waals surface area contributed by atoms with Crippen LogP contribution >= 0.6 is 0 Å². The predicted octanol–water partition coefficient (Wildman–Crippen LogP) is 3.16. The summed E-state index contributed by atoms with van der Waals surface area (Å²) >= 11 is 0. The molecule has 0 aromatic rings. The summed E-state index contributed by atoms with van der Waals surface area (Å²) < 4.78 is 0. The highest BCUT2D eigenvalue weighted by molar-refractivity contribution is 5.76. The van der Waals surface area contributed by atoms with Gasteiger partial charge in [0.1, 0.15) is 6.04 Å². The number of rotatable bonds is 9. The van der Waals surface area contributed by atoms with Crippen LogP contribution < -0.4 is 5.32 Å². The highest BCUT2D eigenvalue weighted by Crippen LogP contribution is 2.06. The maximum absolute atomic E-state index is 11.4. The first-order valence-electron chi connectivity index (χ1n) is 6.43. The van der Waals surface area contributed by atoms with Crippen molar-refractivity contribution in [2.24, 2.45) is 0 Å². The molecule has 3 nitrogen and oxygen atoms in total. The van der Waals surface area contributed by atoms with Crippen LogP contribution in [0.1, 0.15) is 65.2 Å². The van der Waals surface area contributed by atoms with Crippen molar-refractivity contribution < 1.29 is 4.79 Å². The quantitative estimate of drug-likeness (QED) is 0.612. The number of hydrogen-bond donors (Lipinski definition) is 1. The minimum Gasteiger partial charge on any atom is -0.340 e. The summed E-state index contributed by atoms with van der Waals surface area (Å²) in [6.07, 6.45) is 8.33. The summed E-state index contributed by atoms with van der Waals surface area (Å²) in [5.74, 6) is 0.0175. The summed E-state index contributed by atoms with van der Waals surface area (Å²) in [5.41, 5.74) is 0. The fourth-order valence-electron chi connectivity index (χ4n) is 1.56. The van der Waals surface area contributed by atoms with Crippen LogP contribution in [0.3, 0.4) is 0 Å². The van der Waals surface area contributed by atoms with Crippen LogP contribution in [-0.2, 0) is 4.79 Å². The lowest BCUT2D eigenvalue weighted by Gasteiger charge is -2.08. The first-order valence-corrected chi connectivity index (χ1v) is 6.43. The fraction of sp³-hybridized carbons (Fsp3) is 0.846. The Bertz CT molecular complexity index is 220. The van der Waals surface area contributed by atoms with Crippen molar-refractivity contribution >= 4 is 5.91 Å². The lowest BCUT2D eigenvalue weighted by molar-refractivity contribution is -0.121. The standard InChI is InChI=1S/C13H24N2O/c1-3-5-6-7-8-9-10-13(16)15-12(4-2)11-14/h12H,3-10H2,1-2H3,(H,15,16). The van der Waals surface area contributed by atoms with E-state index in [9.17, 15) is 4.79 Å². The van der Waals surface area contributed by atoms with Gasteiger partial charge in [0.15, 0.2) is 0 Å². The van der Waals surface area contributed by atoms with E-state index in [1.165, 1.54) is 25.7 Å². The average molecular weight is 224 g/mol. The van der Waals surface area contributed by atoms with Gasteiger partial charge < -0.3 is 5.32 Å².